The minimum atomic E-state index is -0.707. The van der Waals surface area contributed by atoms with Crippen LogP contribution in [0.15, 0.2) is 36.5 Å². The molecule has 0 saturated carbocycles. The molecule has 1 aromatic carbocycles. The number of esters is 1. The second-order valence-electron chi connectivity index (χ2n) is 6.80. The molecule has 1 fully saturated rings. The van der Waals surface area contributed by atoms with Gasteiger partial charge in [-0.15, -0.1) is 0 Å². The monoisotopic (exact) mass is 441 g/mol. The second-order valence-corrected chi connectivity index (χ2v) is 6.80. The molecule has 0 bridgehead atoms. The highest BCUT2D eigenvalue weighted by Gasteiger charge is 2.33. The first-order valence-electron chi connectivity index (χ1n) is 9.47. The van der Waals surface area contributed by atoms with Crippen molar-refractivity contribution in [2.45, 2.75) is 13.3 Å². The van der Waals surface area contributed by atoms with Crippen molar-refractivity contribution >= 4 is 35.1 Å². The number of nitrogens with zero attached hydrogens (tertiary/aromatic N) is 4. The Hall–Kier alpha value is -4.35. The number of benzene rings is 1. The van der Waals surface area contributed by atoms with E-state index in [2.05, 4.69) is 15.0 Å². The molecule has 0 spiro atoms. The van der Waals surface area contributed by atoms with Crippen LogP contribution in [0, 0.1) is 10.1 Å². The molecule has 12 nitrogen and oxygen atoms in total. The van der Waals surface area contributed by atoms with Crippen LogP contribution in [0.5, 0.6) is 0 Å². The SMILES string of the molecule is COC(=O)c1ccc(C(=O)N2CCCN2C(=O)c2ccc(NC(C)=O)c([N+](=O)[O-])c2)nc1. The molecule has 0 aliphatic carbocycles. The van der Waals surface area contributed by atoms with Crippen LogP contribution < -0.4 is 5.32 Å². The topological polar surface area (TPSA) is 152 Å². The normalized spacial score (nSPS) is 12.9. The molecule has 166 valence electrons. The maximum atomic E-state index is 13.0. The summed E-state index contributed by atoms with van der Waals surface area (Å²) >= 11 is 0. The van der Waals surface area contributed by atoms with Crippen molar-refractivity contribution in [1.82, 2.24) is 15.0 Å². The summed E-state index contributed by atoms with van der Waals surface area (Å²) in [7, 11) is 1.22. The van der Waals surface area contributed by atoms with Crippen LogP contribution in [0.2, 0.25) is 0 Å². The lowest BCUT2D eigenvalue weighted by Gasteiger charge is -2.27. The van der Waals surface area contributed by atoms with E-state index in [1.165, 1.54) is 54.5 Å². The number of pyridine rings is 1. The number of hydrazine groups is 1. The lowest BCUT2D eigenvalue weighted by atomic mass is 10.1. The van der Waals surface area contributed by atoms with Gasteiger partial charge < -0.3 is 10.1 Å². The van der Waals surface area contributed by atoms with Crippen LogP contribution >= 0.6 is 0 Å². The molecule has 1 aromatic heterocycles. The van der Waals surface area contributed by atoms with Crippen LogP contribution in [-0.2, 0) is 9.53 Å². The fourth-order valence-corrected chi connectivity index (χ4v) is 3.19. The molecular formula is C20H19N5O7. The number of nitro groups is 1. The van der Waals surface area contributed by atoms with Crippen LogP contribution in [0.4, 0.5) is 11.4 Å². The van der Waals surface area contributed by atoms with Crippen molar-refractivity contribution in [2.24, 2.45) is 0 Å². The van der Waals surface area contributed by atoms with E-state index >= 15 is 0 Å². The van der Waals surface area contributed by atoms with Gasteiger partial charge in [0.25, 0.3) is 17.5 Å². The van der Waals surface area contributed by atoms with Gasteiger partial charge >= 0.3 is 5.97 Å². The number of methoxy groups -OCH3 is 1. The lowest BCUT2D eigenvalue weighted by molar-refractivity contribution is -0.384. The van der Waals surface area contributed by atoms with Crippen molar-refractivity contribution in [1.29, 1.82) is 0 Å². The third-order valence-corrected chi connectivity index (χ3v) is 4.66. The predicted octanol–water partition coefficient (Wildman–Crippen LogP) is 1.64. The molecular weight excluding hydrogens is 422 g/mol. The number of aromatic nitrogens is 1. The summed E-state index contributed by atoms with van der Waals surface area (Å²) in [6, 6.07) is 6.39. The maximum absolute atomic E-state index is 13.0. The first-order valence-corrected chi connectivity index (χ1v) is 9.47. The highest BCUT2D eigenvalue weighted by atomic mass is 16.6. The van der Waals surface area contributed by atoms with Gasteiger partial charge in [-0.1, -0.05) is 0 Å². The van der Waals surface area contributed by atoms with E-state index in [0.717, 1.165) is 6.07 Å². The van der Waals surface area contributed by atoms with Crippen LogP contribution in [0.3, 0.4) is 0 Å². The second kappa shape index (κ2) is 9.20. The molecule has 2 aromatic rings. The zero-order valence-corrected chi connectivity index (χ0v) is 17.2. The summed E-state index contributed by atoms with van der Waals surface area (Å²) in [6.45, 7) is 1.69. The van der Waals surface area contributed by atoms with Gasteiger partial charge in [-0.3, -0.25) is 29.5 Å². The van der Waals surface area contributed by atoms with E-state index < -0.39 is 34.3 Å². The minimum absolute atomic E-state index is 0.0144. The largest absolute Gasteiger partial charge is 0.465 e. The minimum Gasteiger partial charge on any atom is -0.465 e. The van der Waals surface area contributed by atoms with E-state index in [-0.39, 0.29) is 35.6 Å². The average molecular weight is 441 g/mol. The van der Waals surface area contributed by atoms with Crippen LogP contribution in [0.25, 0.3) is 0 Å². The summed E-state index contributed by atoms with van der Waals surface area (Å²) in [5.74, 6) is -2.26. The highest BCUT2D eigenvalue weighted by Crippen LogP contribution is 2.27. The van der Waals surface area contributed by atoms with Gasteiger partial charge in [0.15, 0.2) is 0 Å². The molecule has 1 saturated heterocycles. The fraction of sp³-hybridized carbons (Fsp3) is 0.250. The fourth-order valence-electron chi connectivity index (χ4n) is 3.19. The quantitative estimate of drug-likeness (QED) is 0.418. The lowest BCUT2D eigenvalue weighted by Crippen LogP contribution is -2.45. The molecule has 0 radical (unpaired) electrons. The number of anilines is 1. The number of rotatable bonds is 5. The Labute approximate surface area is 181 Å². The summed E-state index contributed by atoms with van der Waals surface area (Å²) in [5.41, 5.74) is -0.305. The van der Waals surface area contributed by atoms with Gasteiger partial charge in [-0.2, -0.15) is 0 Å². The molecule has 3 amide bonds. The molecule has 3 rings (SSSR count). The molecule has 1 aliphatic heterocycles. The Bertz CT molecular complexity index is 1100. The van der Waals surface area contributed by atoms with Gasteiger partial charge in [0.2, 0.25) is 5.91 Å². The molecule has 0 unspecified atom stereocenters. The highest BCUT2D eigenvalue weighted by molar-refractivity contribution is 6.00. The molecule has 2 heterocycles. The van der Waals surface area contributed by atoms with Gasteiger partial charge in [0, 0.05) is 37.8 Å². The number of amides is 3. The van der Waals surface area contributed by atoms with E-state index in [1.807, 2.05) is 0 Å². The molecule has 32 heavy (non-hydrogen) atoms. The zero-order chi connectivity index (χ0) is 23.4. The number of carbonyl (C=O) groups is 4. The Morgan fingerprint density at radius 2 is 1.72 bits per heavy atom. The molecule has 0 atom stereocenters. The number of nitrogens with one attached hydrogen (secondary N) is 1. The zero-order valence-electron chi connectivity index (χ0n) is 17.2. The molecule has 1 N–H and O–H groups in total. The van der Waals surface area contributed by atoms with Crippen molar-refractivity contribution in [3.63, 3.8) is 0 Å². The summed E-state index contributed by atoms with van der Waals surface area (Å²) in [5, 5.41) is 16.1. The maximum Gasteiger partial charge on any atom is 0.339 e. The third kappa shape index (κ3) is 4.53. The van der Waals surface area contributed by atoms with E-state index in [0.29, 0.717) is 6.42 Å². The Balaban J connectivity index is 1.84. The Morgan fingerprint density at radius 1 is 1.06 bits per heavy atom. The first-order chi connectivity index (χ1) is 15.2. The van der Waals surface area contributed by atoms with Crippen LogP contribution in [0.1, 0.15) is 44.5 Å². The van der Waals surface area contributed by atoms with E-state index in [4.69, 9.17) is 0 Å². The Morgan fingerprint density at radius 3 is 2.28 bits per heavy atom. The van der Waals surface area contributed by atoms with Gasteiger partial charge in [-0.25, -0.2) is 14.8 Å². The van der Waals surface area contributed by atoms with Crippen LogP contribution in [-0.4, -0.2) is 63.8 Å². The molecule has 1 aliphatic rings. The number of carbonyl (C=O) groups excluding carboxylic acids is 4. The van der Waals surface area contributed by atoms with E-state index in [1.54, 1.807) is 0 Å². The van der Waals surface area contributed by atoms with Gasteiger partial charge in [-0.05, 0) is 30.7 Å². The standard InChI is InChI=1S/C20H19N5O7/c1-12(26)22-15-6-4-13(10-17(15)25(30)31)18(27)23-8-3-9-24(23)19(28)16-7-5-14(11-21-16)20(29)32-2/h4-7,10-11H,3,8-9H2,1-2H3,(H,22,26). The van der Waals surface area contributed by atoms with Crippen molar-refractivity contribution in [2.75, 3.05) is 25.5 Å². The average Bonchev–Trinajstić information content (AvgIpc) is 3.27. The van der Waals surface area contributed by atoms with Crippen molar-refractivity contribution in [3.8, 4) is 0 Å². The number of nitro benzene ring substituents is 1. The molecule has 12 heteroatoms. The smallest absolute Gasteiger partial charge is 0.339 e. The number of ether oxygens (including phenoxy) is 1. The van der Waals surface area contributed by atoms with Gasteiger partial charge in [0.1, 0.15) is 11.4 Å². The predicted molar refractivity (Wildman–Crippen MR) is 110 cm³/mol. The van der Waals surface area contributed by atoms with Crippen molar-refractivity contribution in [3.05, 3.63) is 63.5 Å². The summed E-state index contributed by atoms with van der Waals surface area (Å²) in [4.78, 5) is 63.3. The third-order valence-electron chi connectivity index (χ3n) is 4.66. The first kappa shape index (κ1) is 22.3. The van der Waals surface area contributed by atoms with E-state index in [9.17, 15) is 29.3 Å². The summed E-state index contributed by atoms with van der Waals surface area (Å²) < 4.78 is 4.59. The van der Waals surface area contributed by atoms with Gasteiger partial charge in [0.05, 0.1) is 17.6 Å². The number of hydrogen-bond donors (Lipinski definition) is 1. The van der Waals surface area contributed by atoms with Crippen molar-refractivity contribution < 1.29 is 28.8 Å². The number of hydrogen-bond acceptors (Lipinski definition) is 8. The summed E-state index contributed by atoms with van der Waals surface area (Å²) in [6.07, 6.45) is 1.70. The Kier molecular flexibility index (Phi) is 6.42.